The smallest absolute Gasteiger partial charge is 0.337 e. The van der Waals surface area contributed by atoms with Gasteiger partial charge in [-0.15, -0.1) is 0 Å². The zero-order valence-electron chi connectivity index (χ0n) is 11.6. The molecular formula is C16H11FN2O3. The number of nitrogens with one attached hydrogen (secondary N) is 1. The maximum Gasteiger partial charge on any atom is 0.337 e. The molecular weight excluding hydrogens is 287 g/mol. The van der Waals surface area contributed by atoms with Crippen molar-refractivity contribution in [1.29, 1.82) is 5.26 Å². The molecule has 1 amide bonds. The molecule has 0 unspecified atom stereocenters. The second-order valence-corrected chi connectivity index (χ2v) is 4.33. The zero-order chi connectivity index (χ0) is 16.1. The first-order chi connectivity index (χ1) is 10.5. The average molecular weight is 298 g/mol. The predicted octanol–water partition coefficient (Wildman–Crippen LogP) is 2.74. The van der Waals surface area contributed by atoms with Gasteiger partial charge in [0, 0.05) is 5.56 Å². The quantitative estimate of drug-likeness (QED) is 0.884. The lowest BCUT2D eigenvalue weighted by Gasteiger charge is -2.08. The number of benzene rings is 2. The molecule has 0 saturated carbocycles. The SMILES string of the molecule is COC(=O)c1ccc(F)c(NC(=O)c2ccc(C#N)cc2)c1. The van der Waals surface area contributed by atoms with E-state index in [1.807, 2.05) is 6.07 Å². The van der Waals surface area contributed by atoms with Crippen molar-refractivity contribution < 1.29 is 18.7 Å². The first kappa shape index (κ1) is 15.2. The van der Waals surface area contributed by atoms with Crippen molar-refractivity contribution in [2.45, 2.75) is 0 Å². The van der Waals surface area contributed by atoms with Crippen LogP contribution in [0.15, 0.2) is 42.5 Å². The molecule has 22 heavy (non-hydrogen) atoms. The van der Waals surface area contributed by atoms with Crippen LogP contribution in [0.1, 0.15) is 26.3 Å². The van der Waals surface area contributed by atoms with Crippen LogP contribution in [-0.4, -0.2) is 19.0 Å². The minimum absolute atomic E-state index is 0.124. The van der Waals surface area contributed by atoms with E-state index in [-0.39, 0.29) is 16.8 Å². The molecule has 0 aromatic heterocycles. The molecule has 0 heterocycles. The Labute approximate surface area is 125 Å². The molecule has 0 spiro atoms. The van der Waals surface area contributed by atoms with Crippen molar-refractivity contribution in [3.8, 4) is 6.07 Å². The van der Waals surface area contributed by atoms with E-state index < -0.39 is 17.7 Å². The number of ether oxygens (including phenoxy) is 1. The third-order valence-corrected chi connectivity index (χ3v) is 2.91. The van der Waals surface area contributed by atoms with Crippen LogP contribution in [0, 0.1) is 17.1 Å². The molecule has 0 atom stereocenters. The second-order valence-electron chi connectivity index (χ2n) is 4.33. The summed E-state index contributed by atoms with van der Waals surface area (Å²) in [5.74, 6) is -1.85. The number of amides is 1. The van der Waals surface area contributed by atoms with Crippen LogP contribution in [-0.2, 0) is 4.74 Å². The van der Waals surface area contributed by atoms with Crippen LogP contribution in [0.25, 0.3) is 0 Å². The van der Waals surface area contributed by atoms with E-state index in [2.05, 4.69) is 10.1 Å². The van der Waals surface area contributed by atoms with Gasteiger partial charge in [-0.1, -0.05) is 0 Å². The first-order valence-corrected chi connectivity index (χ1v) is 6.24. The Morgan fingerprint density at radius 3 is 2.36 bits per heavy atom. The van der Waals surface area contributed by atoms with Crippen LogP contribution >= 0.6 is 0 Å². The highest BCUT2D eigenvalue weighted by molar-refractivity contribution is 6.05. The highest BCUT2D eigenvalue weighted by atomic mass is 19.1. The van der Waals surface area contributed by atoms with Crippen molar-refractivity contribution in [2.75, 3.05) is 12.4 Å². The van der Waals surface area contributed by atoms with Gasteiger partial charge >= 0.3 is 5.97 Å². The summed E-state index contributed by atoms with van der Waals surface area (Å²) in [6.45, 7) is 0. The molecule has 5 nitrogen and oxygen atoms in total. The third kappa shape index (κ3) is 3.27. The van der Waals surface area contributed by atoms with Crippen molar-refractivity contribution in [2.24, 2.45) is 0 Å². The second kappa shape index (κ2) is 6.50. The number of methoxy groups -OCH3 is 1. The van der Waals surface area contributed by atoms with E-state index in [1.54, 1.807) is 0 Å². The number of halogens is 1. The van der Waals surface area contributed by atoms with Crippen LogP contribution in [0.5, 0.6) is 0 Å². The fourth-order valence-corrected chi connectivity index (χ4v) is 1.76. The average Bonchev–Trinajstić information content (AvgIpc) is 2.56. The van der Waals surface area contributed by atoms with Crippen LogP contribution in [0.4, 0.5) is 10.1 Å². The molecule has 2 aromatic carbocycles. The van der Waals surface area contributed by atoms with E-state index >= 15 is 0 Å². The standard InChI is InChI=1S/C16H11FN2O3/c1-22-16(21)12-6-7-13(17)14(8-12)19-15(20)11-4-2-10(9-18)3-5-11/h2-8H,1H3,(H,19,20). The topological polar surface area (TPSA) is 79.2 Å². The van der Waals surface area contributed by atoms with Crippen molar-refractivity contribution in [1.82, 2.24) is 0 Å². The van der Waals surface area contributed by atoms with Gasteiger partial charge in [-0.25, -0.2) is 9.18 Å². The summed E-state index contributed by atoms with van der Waals surface area (Å²) in [5.41, 5.74) is 0.675. The minimum Gasteiger partial charge on any atom is -0.465 e. The molecule has 2 aromatic rings. The molecule has 0 aliphatic carbocycles. The lowest BCUT2D eigenvalue weighted by atomic mass is 10.1. The van der Waals surface area contributed by atoms with Gasteiger partial charge < -0.3 is 10.1 Å². The zero-order valence-corrected chi connectivity index (χ0v) is 11.6. The summed E-state index contributed by atoms with van der Waals surface area (Å²) in [7, 11) is 1.21. The van der Waals surface area contributed by atoms with Gasteiger partial charge in [0.25, 0.3) is 5.91 Å². The monoisotopic (exact) mass is 298 g/mol. The Kier molecular flexibility index (Phi) is 4.49. The molecule has 0 aliphatic rings. The predicted molar refractivity (Wildman–Crippen MR) is 76.8 cm³/mol. The summed E-state index contributed by atoms with van der Waals surface area (Å²) < 4.78 is 18.3. The molecule has 0 saturated heterocycles. The molecule has 0 fully saturated rings. The Morgan fingerprint density at radius 1 is 1.14 bits per heavy atom. The molecule has 0 aliphatic heterocycles. The van der Waals surface area contributed by atoms with E-state index in [9.17, 15) is 14.0 Å². The molecule has 0 radical (unpaired) electrons. The fraction of sp³-hybridized carbons (Fsp3) is 0.0625. The third-order valence-electron chi connectivity index (χ3n) is 2.91. The summed E-state index contributed by atoms with van der Waals surface area (Å²) in [4.78, 5) is 23.5. The van der Waals surface area contributed by atoms with Crippen LogP contribution in [0.2, 0.25) is 0 Å². The molecule has 1 N–H and O–H groups in total. The summed E-state index contributed by atoms with van der Waals surface area (Å²) in [6.07, 6.45) is 0. The highest BCUT2D eigenvalue weighted by Crippen LogP contribution is 2.18. The lowest BCUT2D eigenvalue weighted by molar-refractivity contribution is 0.0600. The minimum atomic E-state index is -0.672. The molecule has 6 heteroatoms. The van der Waals surface area contributed by atoms with Gasteiger partial charge in [0.15, 0.2) is 0 Å². The van der Waals surface area contributed by atoms with Crippen LogP contribution in [0.3, 0.4) is 0 Å². The number of rotatable bonds is 3. The van der Waals surface area contributed by atoms with Gasteiger partial charge in [-0.05, 0) is 42.5 Å². The largest absolute Gasteiger partial charge is 0.465 e. The summed E-state index contributed by atoms with van der Waals surface area (Å²) in [5, 5.41) is 11.1. The Hall–Kier alpha value is -3.20. The molecule has 110 valence electrons. The number of hydrogen-bond acceptors (Lipinski definition) is 4. The van der Waals surface area contributed by atoms with Crippen molar-refractivity contribution in [3.05, 3.63) is 65.0 Å². The molecule has 2 rings (SSSR count). The molecule has 0 bridgehead atoms. The van der Waals surface area contributed by atoms with Crippen molar-refractivity contribution >= 4 is 17.6 Å². The fourth-order valence-electron chi connectivity index (χ4n) is 1.76. The van der Waals surface area contributed by atoms with E-state index in [1.165, 1.54) is 43.5 Å². The summed E-state index contributed by atoms with van der Waals surface area (Å²) in [6, 6.07) is 11.3. The number of carbonyl (C=O) groups is 2. The van der Waals surface area contributed by atoms with Gasteiger partial charge in [0.2, 0.25) is 0 Å². The van der Waals surface area contributed by atoms with E-state index in [0.29, 0.717) is 5.56 Å². The Balaban J connectivity index is 2.23. The number of nitrogens with zero attached hydrogens (tertiary/aromatic N) is 1. The Bertz CT molecular complexity index is 764. The van der Waals surface area contributed by atoms with E-state index in [0.717, 1.165) is 6.07 Å². The van der Waals surface area contributed by atoms with Gasteiger partial charge in [0.1, 0.15) is 5.82 Å². The normalized spacial score (nSPS) is 9.68. The van der Waals surface area contributed by atoms with Crippen LogP contribution < -0.4 is 5.32 Å². The maximum atomic E-state index is 13.7. The van der Waals surface area contributed by atoms with E-state index in [4.69, 9.17) is 5.26 Å². The number of esters is 1. The summed E-state index contributed by atoms with van der Waals surface area (Å²) >= 11 is 0. The number of nitriles is 1. The number of hydrogen-bond donors (Lipinski definition) is 1. The van der Waals surface area contributed by atoms with Gasteiger partial charge in [0.05, 0.1) is 30.0 Å². The maximum absolute atomic E-state index is 13.7. The Morgan fingerprint density at radius 2 is 1.77 bits per heavy atom. The number of anilines is 1. The van der Waals surface area contributed by atoms with Gasteiger partial charge in [-0.3, -0.25) is 4.79 Å². The van der Waals surface area contributed by atoms with Crippen molar-refractivity contribution in [3.63, 3.8) is 0 Å². The lowest BCUT2D eigenvalue weighted by Crippen LogP contribution is -2.14. The van der Waals surface area contributed by atoms with Gasteiger partial charge in [-0.2, -0.15) is 5.26 Å². The highest BCUT2D eigenvalue weighted by Gasteiger charge is 2.13. The first-order valence-electron chi connectivity index (χ1n) is 6.24. The number of carbonyl (C=O) groups excluding carboxylic acids is 2.